The fourth-order valence-corrected chi connectivity index (χ4v) is 5.80. The van der Waals surface area contributed by atoms with Crippen molar-refractivity contribution in [3.63, 3.8) is 0 Å². The molecule has 2 aliphatic rings. The molecule has 2 aliphatic heterocycles. The van der Waals surface area contributed by atoms with Crippen molar-refractivity contribution in [1.29, 1.82) is 0 Å². The Balaban J connectivity index is 1.39. The van der Waals surface area contributed by atoms with E-state index in [9.17, 15) is 13.2 Å². The molecule has 3 heterocycles. The predicted molar refractivity (Wildman–Crippen MR) is 115 cm³/mol. The Labute approximate surface area is 177 Å². The molecule has 0 saturated carbocycles. The molecule has 2 fully saturated rings. The van der Waals surface area contributed by atoms with Crippen LogP contribution in [0.2, 0.25) is 0 Å². The maximum atomic E-state index is 13.2. The highest BCUT2D eigenvalue weighted by Crippen LogP contribution is 2.21. The van der Waals surface area contributed by atoms with Crippen molar-refractivity contribution >= 4 is 21.7 Å². The maximum absolute atomic E-state index is 13.2. The van der Waals surface area contributed by atoms with E-state index >= 15 is 0 Å². The molecule has 2 aromatic rings. The average molecular weight is 430 g/mol. The molecule has 9 heteroatoms. The lowest BCUT2D eigenvalue weighted by molar-refractivity contribution is -0.135. The van der Waals surface area contributed by atoms with E-state index in [2.05, 4.69) is 19.8 Å². The molecule has 2 saturated heterocycles. The van der Waals surface area contributed by atoms with Gasteiger partial charge in [0, 0.05) is 51.2 Å². The largest absolute Gasteiger partial charge is 0.338 e. The molecule has 0 radical (unpaired) electrons. The van der Waals surface area contributed by atoms with Crippen molar-refractivity contribution in [2.45, 2.75) is 19.0 Å². The van der Waals surface area contributed by atoms with E-state index in [1.807, 2.05) is 30.3 Å². The van der Waals surface area contributed by atoms with Crippen molar-refractivity contribution < 1.29 is 13.2 Å². The number of piperazine rings is 1. The third-order valence-electron chi connectivity index (χ3n) is 5.73. The van der Waals surface area contributed by atoms with Gasteiger partial charge in [-0.3, -0.25) is 9.69 Å². The topological polar surface area (TPSA) is 86.7 Å². The molecular weight excluding hydrogens is 402 g/mol. The molecule has 0 bridgehead atoms. The average Bonchev–Trinajstić information content (AvgIpc) is 3.13. The van der Waals surface area contributed by atoms with Crippen molar-refractivity contribution in [1.82, 2.24) is 19.8 Å². The number of sulfone groups is 1. The highest BCUT2D eigenvalue weighted by atomic mass is 32.2. The first kappa shape index (κ1) is 20.7. The Hall–Kier alpha value is -2.52. The molecule has 1 amide bonds. The predicted octanol–water partition coefficient (Wildman–Crippen LogP) is 0.815. The number of benzene rings is 1. The van der Waals surface area contributed by atoms with E-state index in [-0.39, 0.29) is 23.5 Å². The van der Waals surface area contributed by atoms with Crippen molar-refractivity contribution in [2.24, 2.45) is 0 Å². The summed E-state index contributed by atoms with van der Waals surface area (Å²) in [6, 6.07) is 11.3. The third kappa shape index (κ3) is 5.14. The molecule has 4 rings (SSSR count). The zero-order valence-corrected chi connectivity index (χ0v) is 17.7. The quantitative estimate of drug-likeness (QED) is 0.672. The van der Waals surface area contributed by atoms with Gasteiger partial charge in [-0.2, -0.15) is 0 Å². The smallest absolute Gasteiger partial charge is 0.237 e. The minimum Gasteiger partial charge on any atom is -0.338 e. The molecule has 8 nitrogen and oxygen atoms in total. The van der Waals surface area contributed by atoms with Gasteiger partial charge in [0.05, 0.1) is 18.1 Å². The Morgan fingerprint density at radius 2 is 1.73 bits per heavy atom. The number of aromatic nitrogens is 2. The Kier molecular flexibility index (Phi) is 6.29. The first-order valence-electron chi connectivity index (χ1n) is 10.3. The van der Waals surface area contributed by atoms with Crippen LogP contribution < -0.4 is 4.90 Å². The SMILES string of the molecule is O=C(CN1CCN(c2ncccn2)CC1)N(Cc1ccccc1)[C@@H]1CCS(=O)(=O)C1. The molecule has 1 aromatic heterocycles. The van der Waals surface area contributed by atoms with Gasteiger partial charge in [0.1, 0.15) is 0 Å². The van der Waals surface area contributed by atoms with E-state index in [1.165, 1.54) is 0 Å². The Bertz CT molecular complexity index is 947. The summed E-state index contributed by atoms with van der Waals surface area (Å²) in [6.45, 7) is 3.74. The van der Waals surface area contributed by atoms with E-state index < -0.39 is 9.84 Å². The second-order valence-corrected chi connectivity index (χ2v) is 10.1. The molecule has 0 spiro atoms. The minimum atomic E-state index is -3.07. The van der Waals surface area contributed by atoms with E-state index in [1.54, 1.807) is 23.4 Å². The van der Waals surface area contributed by atoms with Crippen molar-refractivity contribution in [3.8, 4) is 0 Å². The van der Waals surface area contributed by atoms with Gasteiger partial charge in [-0.1, -0.05) is 30.3 Å². The highest BCUT2D eigenvalue weighted by Gasteiger charge is 2.35. The van der Waals surface area contributed by atoms with Crippen LogP contribution in [0, 0.1) is 0 Å². The molecule has 0 unspecified atom stereocenters. The fourth-order valence-electron chi connectivity index (χ4n) is 4.06. The standard InChI is InChI=1S/C21H27N5O3S/c27-20(16-24-10-12-25(13-11-24)21-22-8-4-9-23-21)26(15-18-5-2-1-3-6-18)19-7-14-30(28,29)17-19/h1-6,8-9,19H,7,10-17H2/t19-/m1/s1. The molecular formula is C21H27N5O3S. The number of anilines is 1. The number of rotatable bonds is 6. The number of hydrogen-bond donors (Lipinski definition) is 0. The number of hydrogen-bond acceptors (Lipinski definition) is 7. The van der Waals surface area contributed by atoms with E-state index in [4.69, 9.17) is 0 Å². The van der Waals surface area contributed by atoms with Gasteiger partial charge in [0.25, 0.3) is 0 Å². The normalized spacial score (nSPS) is 21.5. The lowest BCUT2D eigenvalue weighted by Crippen LogP contribution is -2.52. The summed E-state index contributed by atoms with van der Waals surface area (Å²) in [6.07, 6.45) is 3.98. The van der Waals surface area contributed by atoms with Gasteiger partial charge in [0.15, 0.2) is 9.84 Å². The van der Waals surface area contributed by atoms with Crippen LogP contribution >= 0.6 is 0 Å². The zero-order chi connectivity index (χ0) is 21.0. The van der Waals surface area contributed by atoms with Crippen LogP contribution in [0.5, 0.6) is 0 Å². The summed E-state index contributed by atoms with van der Waals surface area (Å²) in [5.41, 5.74) is 1.01. The van der Waals surface area contributed by atoms with Gasteiger partial charge in [-0.25, -0.2) is 18.4 Å². The number of amides is 1. The van der Waals surface area contributed by atoms with Crippen LogP contribution in [0.1, 0.15) is 12.0 Å². The lowest BCUT2D eigenvalue weighted by Gasteiger charge is -2.36. The number of carbonyl (C=O) groups is 1. The van der Waals surface area contributed by atoms with Crippen LogP contribution in [0.25, 0.3) is 0 Å². The number of nitrogens with zero attached hydrogens (tertiary/aromatic N) is 5. The van der Waals surface area contributed by atoms with Crippen LogP contribution in [0.15, 0.2) is 48.8 Å². The van der Waals surface area contributed by atoms with Gasteiger partial charge >= 0.3 is 0 Å². The van der Waals surface area contributed by atoms with Crippen LogP contribution in [0.4, 0.5) is 5.95 Å². The van der Waals surface area contributed by atoms with E-state index in [0.29, 0.717) is 25.5 Å². The molecule has 1 aromatic carbocycles. The van der Waals surface area contributed by atoms with Gasteiger partial charge < -0.3 is 9.80 Å². The summed E-state index contributed by atoms with van der Waals surface area (Å²) in [5.74, 6) is 0.923. The third-order valence-corrected chi connectivity index (χ3v) is 7.48. The highest BCUT2D eigenvalue weighted by molar-refractivity contribution is 7.91. The summed E-state index contributed by atoms with van der Waals surface area (Å²) < 4.78 is 24.0. The second kappa shape index (κ2) is 9.09. The molecule has 1 atom stereocenters. The number of carbonyl (C=O) groups excluding carboxylic acids is 1. The Morgan fingerprint density at radius 3 is 2.37 bits per heavy atom. The molecule has 0 N–H and O–H groups in total. The van der Waals surface area contributed by atoms with Crippen molar-refractivity contribution in [2.75, 3.05) is 49.1 Å². The van der Waals surface area contributed by atoms with Gasteiger partial charge in [-0.05, 0) is 18.1 Å². The fraction of sp³-hybridized carbons (Fsp3) is 0.476. The van der Waals surface area contributed by atoms with Crippen LogP contribution in [-0.2, 0) is 21.2 Å². The zero-order valence-electron chi connectivity index (χ0n) is 16.9. The molecule has 0 aliphatic carbocycles. The van der Waals surface area contributed by atoms with Crippen LogP contribution in [0.3, 0.4) is 0 Å². The summed E-state index contributed by atoms with van der Waals surface area (Å²) >= 11 is 0. The van der Waals surface area contributed by atoms with Crippen LogP contribution in [-0.4, -0.2) is 84.4 Å². The maximum Gasteiger partial charge on any atom is 0.237 e. The summed E-state index contributed by atoms with van der Waals surface area (Å²) in [4.78, 5) is 27.8. The molecule has 30 heavy (non-hydrogen) atoms. The molecule has 160 valence electrons. The van der Waals surface area contributed by atoms with Crippen molar-refractivity contribution in [3.05, 3.63) is 54.4 Å². The second-order valence-electron chi connectivity index (χ2n) is 7.88. The minimum absolute atomic E-state index is 0.00892. The summed E-state index contributed by atoms with van der Waals surface area (Å²) in [5, 5.41) is 0. The first-order valence-corrected chi connectivity index (χ1v) is 12.1. The summed E-state index contributed by atoms with van der Waals surface area (Å²) in [7, 11) is -3.07. The first-order chi connectivity index (χ1) is 14.5. The lowest BCUT2D eigenvalue weighted by atomic mass is 10.1. The van der Waals surface area contributed by atoms with Gasteiger partial charge in [-0.15, -0.1) is 0 Å². The Morgan fingerprint density at radius 1 is 1.03 bits per heavy atom. The van der Waals surface area contributed by atoms with E-state index in [0.717, 1.165) is 31.7 Å². The monoisotopic (exact) mass is 429 g/mol. The van der Waals surface area contributed by atoms with Gasteiger partial charge in [0.2, 0.25) is 11.9 Å².